The van der Waals surface area contributed by atoms with Gasteiger partial charge in [-0.25, -0.2) is 13.1 Å². The second kappa shape index (κ2) is 10.8. The SMILES string of the molecule is CN(CC(=O)Nc1ccc(-c2ccccc2S(=O)(=O)NC(C)(C)C)cc1)Cc1cccc(C#N)c1. The molecule has 0 fully saturated rings. The first kappa shape index (κ1) is 26.1. The molecule has 0 aromatic heterocycles. The summed E-state index contributed by atoms with van der Waals surface area (Å²) in [6, 6.07) is 23.3. The Labute approximate surface area is 207 Å². The van der Waals surface area contributed by atoms with Gasteiger partial charge in [0.25, 0.3) is 0 Å². The first-order valence-electron chi connectivity index (χ1n) is 11.2. The van der Waals surface area contributed by atoms with Gasteiger partial charge in [0.05, 0.1) is 23.1 Å². The fourth-order valence-electron chi connectivity index (χ4n) is 3.68. The van der Waals surface area contributed by atoms with Crippen molar-refractivity contribution in [3.8, 4) is 17.2 Å². The molecule has 7 nitrogen and oxygen atoms in total. The molecule has 0 saturated carbocycles. The van der Waals surface area contributed by atoms with E-state index in [1.54, 1.807) is 75.4 Å². The fraction of sp³-hybridized carbons (Fsp3) is 0.259. The molecule has 0 atom stereocenters. The van der Waals surface area contributed by atoms with Crippen molar-refractivity contribution in [2.24, 2.45) is 0 Å². The average molecular weight is 491 g/mol. The van der Waals surface area contributed by atoms with Crippen molar-refractivity contribution in [1.29, 1.82) is 5.26 Å². The van der Waals surface area contributed by atoms with Gasteiger partial charge in [-0.3, -0.25) is 9.69 Å². The molecule has 0 aliphatic heterocycles. The summed E-state index contributed by atoms with van der Waals surface area (Å²) in [6.45, 7) is 6.11. The van der Waals surface area contributed by atoms with Crippen LogP contribution in [-0.2, 0) is 21.4 Å². The normalized spacial score (nSPS) is 11.8. The summed E-state index contributed by atoms with van der Waals surface area (Å²) in [6.07, 6.45) is 0. The molecule has 3 aromatic carbocycles. The van der Waals surface area contributed by atoms with Gasteiger partial charge in [0, 0.05) is 23.3 Å². The molecule has 1 amide bonds. The lowest BCUT2D eigenvalue weighted by atomic mass is 10.1. The molecule has 182 valence electrons. The van der Waals surface area contributed by atoms with E-state index in [0.29, 0.717) is 23.4 Å². The van der Waals surface area contributed by atoms with Gasteiger partial charge in [0.2, 0.25) is 15.9 Å². The molecule has 35 heavy (non-hydrogen) atoms. The third-order valence-electron chi connectivity index (χ3n) is 5.02. The number of nitriles is 1. The molecular formula is C27H30N4O3S. The minimum absolute atomic E-state index is 0.172. The number of hydrogen-bond acceptors (Lipinski definition) is 5. The van der Waals surface area contributed by atoms with Crippen molar-refractivity contribution in [3.05, 3.63) is 83.9 Å². The molecule has 0 aliphatic rings. The van der Waals surface area contributed by atoms with E-state index in [0.717, 1.165) is 11.1 Å². The minimum Gasteiger partial charge on any atom is -0.325 e. The smallest absolute Gasteiger partial charge is 0.241 e. The van der Waals surface area contributed by atoms with Crippen LogP contribution in [0.3, 0.4) is 0 Å². The molecule has 0 unspecified atom stereocenters. The number of carbonyl (C=O) groups excluding carboxylic acids is 1. The third-order valence-corrected chi connectivity index (χ3v) is 6.84. The largest absolute Gasteiger partial charge is 0.325 e. The van der Waals surface area contributed by atoms with Crippen LogP contribution in [0.5, 0.6) is 0 Å². The number of rotatable bonds is 8. The second-order valence-electron chi connectivity index (χ2n) is 9.46. The molecule has 0 spiro atoms. The van der Waals surface area contributed by atoms with Gasteiger partial charge >= 0.3 is 0 Å². The van der Waals surface area contributed by atoms with Crippen LogP contribution in [0.15, 0.2) is 77.7 Å². The summed E-state index contributed by atoms with van der Waals surface area (Å²) in [5, 5.41) is 11.9. The highest BCUT2D eigenvalue weighted by molar-refractivity contribution is 7.89. The van der Waals surface area contributed by atoms with E-state index in [-0.39, 0.29) is 17.3 Å². The predicted molar refractivity (Wildman–Crippen MR) is 138 cm³/mol. The molecule has 3 rings (SSSR count). The van der Waals surface area contributed by atoms with E-state index in [2.05, 4.69) is 16.1 Å². The maximum absolute atomic E-state index is 12.9. The van der Waals surface area contributed by atoms with Crippen LogP contribution in [0.25, 0.3) is 11.1 Å². The maximum Gasteiger partial charge on any atom is 0.241 e. The fourth-order valence-corrected chi connectivity index (χ4v) is 5.33. The van der Waals surface area contributed by atoms with Crippen molar-refractivity contribution < 1.29 is 13.2 Å². The van der Waals surface area contributed by atoms with Gasteiger partial charge in [-0.15, -0.1) is 0 Å². The molecule has 2 N–H and O–H groups in total. The van der Waals surface area contributed by atoms with Crippen LogP contribution in [-0.4, -0.2) is 38.4 Å². The molecule has 3 aromatic rings. The predicted octanol–water partition coefficient (Wildman–Crippen LogP) is 4.37. The number of anilines is 1. The Morgan fingerprint density at radius 2 is 1.69 bits per heavy atom. The van der Waals surface area contributed by atoms with Crippen molar-refractivity contribution in [1.82, 2.24) is 9.62 Å². The molecule has 0 heterocycles. The maximum atomic E-state index is 12.9. The lowest BCUT2D eigenvalue weighted by Gasteiger charge is -2.21. The average Bonchev–Trinajstić information content (AvgIpc) is 2.78. The Balaban J connectivity index is 1.68. The Kier molecular flexibility index (Phi) is 8.07. The van der Waals surface area contributed by atoms with Gasteiger partial charge in [-0.1, -0.05) is 42.5 Å². The zero-order valence-electron chi connectivity index (χ0n) is 20.4. The Morgan fingerprint density at radius 3 is 2.34 bits per heavy atom. The van der Waals surface area contributed by atoms with Crippen molar-refractivity contribution in [3.63, 3.8) is 0 Å². The number of nitrogens with one attached hydrogen (secondary N) is 2. The van der Waals surface area contributed by atoms with Crippen LogP contribution >= 0.6 is 0 Å². The number of sulfonamides is 1. The van der Waals surface area contributed by atoms with Crippen LogP contribution in [0.2, 0.25) is 0 Å². The van der Waals surface area contributed by atoms with Gasteiger partial charge in [0.1, 0.15) is 0 Å². The van der Waals surface area contributed by atoms with Crippen LogP contribution in [0.1, 0.15) is 31.9 Å². The molecule has 0 bridgehead atoms. The zero-order valence-corrected chi connectivity index (χ0v) is 21.2. The molecule has 0 radical (unpaired) electrons. The summed E-state index contributed by atoms with van der Waals surface area (Å²) in [5.41, 5.74) is 2.87. The second-order valence-corrected chi connectivity index (χ2v) is 11.1. The summed E-state index contributed by atoms with van der Waals surface area (Å²) in [7, 11) is -1.87. The van der Waals surface area contributed by atoms with E-state index < -0.39 is 15.6 Å². The lowest BCUT2D eigenvalue weighted by Crippen LogP contribution is -2.40. The standard InChI is InChI=1S/C27H30N4O3S/c1-27(2,3)30-35(33,34)25-11-6-5-10-24(25)22-12-14-23(15-13-22)29-26(32)19-31(4)18-21-9-7-8-20(16-21)17-28/h5-16,30H,18-19H2,1-4H3,(H,29,32). The number of hydrogen-bond donors (Lipinski definition) is 2. The minimum atomic E-state index is -3.71. The zero-order chi connectivity index (χ0) is 25.6. The van der Waals surface area contributed by atoms with Gasteiger partial charge in [-0.05, 0) is 69.3 Å². The molecule has 0 saturated heterocycles. The summed E-state index contributed by atoms with van der Waals surface area (Å²) in [5.74, 6) is -0.172. The number of benzene rings is 3. The Morgan fingerprint density at radius 1 is 1.00 bits per heavy atom. The number of likely N-dealkylation sites (N-methyl/N-ethyl adjacent to an activating group) is 1. The van der Waals surface area contributed by atoms with Gasteiger partial charge in [-0.2, -0.15) is 5.26 Å². The Hall–Kier alpha value is -3.51. The first-order chi connectivity index (χ1) is 16.5. The topological polar surface area (TPSA) is 102 Å². The van der Waals surface area contributed by atoms with Gasteiger partial charge < -0.3 is 5.32 Å². The monoisotopic (exact) mass is 490 g/mol. The van der Waals surface area contributed by atoms with E-state index in [1.807, 2.05) is 30.1 Å². The third kappa shape index (κ3) is 7.49. The van der Waals surface area contributed by atoms with Crippen molar-refractivity contribution in [2.45, 2.75) is 37.8 Å². The molecule has 8 heteroatoms. The van der Waals surface area contributed by atoms with E-state index in [1.165, 1.54) is 0 Å². The quantitative estimate of drug-likeness (QED) is 0.488. The highest BCUT2D eigenvalue weighted by Gasteiger charge is 2.24. The lowest BCUT2D eigenvalue weighted by molar-refractivity contribution is -0.117. The molecular weight excluding hydrogens is 460 g/mol. The van der Waals surface area contributed by atoms with Crippen molar-refractivity contribution in [2.75, 3.05) is 18.9 Å². The van der Waals surface area contributed by atoms with E-state index in [9.17, 15) is 13.2 Å². The first-order valence-corrected chi connectivity index (χ1v) is 12.7. The number of nitrogens with zero attached hydrogens (tertiary/aromatic N) is 2. The van der Waals surface area contributed by atoms with Crippen LogP contribution in [0, 0.1) is 11.3 Å². The number of amides is 1. The van der Waals surface area contributed by atoms with Crippen molar-refractivity contribution >= 4 is 21.6 Å². The number of carbonyl (C=O) groups is 1. The van der Waals surface area contributed by atoms with E-state index in [4.69, 9.17) is 5.26 Å². The highest BCUT2D eigenvalue weighted by Crippen LogP contribution is 2.29. The Bertz CT molecular complexity index is 1340. The summed E-state index contributed by atoms with van der Waals surface area (Å²) < 4.78 is 28.6. The van der Waals surface area contributed by atoms with E-state index >= 15 is 0 Å². The molecule has 0 aliphatic carbocycles. The summed E-state index contributed by atoms with van der Waals surface area (Å²) in [4.78, 5) is 14.6. The van der Waals surface area contributed by atoms with Crippen LogP contribution < -0.4 is 10.0 Å². The van der Waals surface area contributed by atoms with Gasteiger partial charge in [0.15, 0.2) is 0 Å². The van der Waals surface area contributed by atoms with Crippen LogP contribution in [0.4, 0.5) is 5.69 Å². The summed E-state index contributed by atoms with van der Waals surface area (Å²) >= 11 is 0. The highest BCUT2D eigenvalue weighted by atomic mass is 32.2.